The molecule has 0 aliphatic carbocycles. The molecule has 3 nitrogen and oxygen atoms in total. The van der Waals surface area contributed by atoms with Crippen LogP contribution in [0.3, 0.4) is 0 Å². The lowest BCUT2D eigenvalue weighted by atomic mass is 10.0. The van der Waals surface area contributed by atoms with Crippen LogP contribution < -0.4 is 0 Å². The van der Waals surface area contributed by atoms with Crippen molar-refractivity contribution in [3.8, 4) is 0 Å². The van der Waals surface area contributed by atoms with Gasteiger partial charge in [0.15, 0.2) is 0 Å². The van der Waals surface area contributed by atoms with Crippen molar-refractivity contribution in [3.63, 3.8) is 0 Å². The molecule has 86 valence electrons. The Morgan fingerprint density at radius 3 is 2.14 bits per heavy atom. The van der Waals surface area contributed by atoms with Crippen LogP contribution >= 0.6 is 7.60 Å². The second-order valence-electron chi connectivity index (χ2n) is 3.32. The van der Waals surface area contributed by atoms with Crippen LogP contribution in [0.2, 0.25) is 0 Å². The summed E-state index contributed by atoms with van der Waals surface area (Å²) in [6.07, 6.45) is -5.48. The van der Waals surface area contributed by atoms with E-state index in [0.717, 1.165) is 0 Å². The van der Waals surface area contributed by atoms with Crippen LogP contribution in [0, 0.1) is 5.92 Å². The van der Waals surface area contributed by atoms with Gasteiger partial charge in [0.05, 0.1) is 6.16 Å². The quantitative estimate of drug-likeness (QED) is 0.718. The molecule has 0 spiro atoms. The van der Waals surface area contributed by atoms with Crippen LogP contribution in [0.15, 0.2) is 0 Å². The standard InChI is InChI=1S/C7H14F3O3P/c1-2-3-6(4-7(8,9)10)5-14(11,12)13/h6H,2-5H2,1H3,(H2,11,12,13). The van der Waals surface area contributed by atoms with Gasteiger partial charge < -0.3 is 9.79 Å². The highest BCUT2D eigenvalue weighted by atomic mass is 31.2. The zero-order chi connectivity index (χ0) is 11.4. The molecule has 2 N–H and O–H groups in total. The van der Waals surface area contributed by atoms with E-state index in [1.54, 1.807) is 6.92 Å². The van der Waals surface area contributed by atoms with Gasteiger partial charge in [-0.15, -0.1) is 0 Å². The van der Waals surface area contributed by atoms with E-state index in [2.05, 4.69) is 0 Å². The van der Waals surface area contributed by atoms with E-state index >= 15 is 0 Å². The summed E-state index contributed by atoms with van der Waals surface area (Å²) in [6, 6.07) is 0. The lowest BCUT2D eigenvalue weighted by Crippen LogP contribution is -2.18. The number of hydrogen-bond donors (Lipinski definition) is 2. The van der Waals surface area contributed by atoms with Crippen molar-refractivity contribution in [2.24, 2.45) is 5.92 Å². The fraction of sp³-hybridized carbons (Fsp3) is 1.00. The second kappa shape index (κ2) is 5.14. The highest BCUT2D eigenvalue weighted by Crippen LogP contribution is 2.41. The number of halogens is 3. The average Bonchev–Trinajstić information content (AvgIpc) is 1.78. The molecule has 0 fully saturated rings. The molecular formula is C7H14F3O3P. The molecule has 0 aliphatic heterocycles. The molecule has 0 saturated carbocycles. The minimum Gasteiger partial charge on any atom is -0.324 e. The lowest BCUT2D eigenvalue weighted by Gasteiger charge is -2.18. The minimum absolute atomic E-state index is 0.185. The average molecular weight is 234 g/mol. The molecule has 0 amide bonds. The molecule has 14 heavy (non-hydrogen) atoms. The van der Waals surface area contributed by atoms with E-state index < -0.39 is 32.3 Å². The number of alkyl halides is 3. The minimum atomic E-state index is -4.35. The summed E-state index contributed by atoms with van der Waals surface area (Å²) in [6.45, 7) is 1.68. The van der Waals surface area contributed by atoms with Crippen molar-refractivity contribution in [2.45, 2.75) is 32.4 Å². The van der Waals surface area contributed by atoms with E-state index in [4.69, 9.17) is 9.79 Å². The molecule has 0 saturated heterocycles. The Kier molecular flexibility index (Phi) is 5.12. The highest BCUT2D eigenvalue weighted by Gasteiger charge is 2.34. The number of rotatable bonds is 5. The van der Waals surface area contributed by atoms with Gasteiger partial charge in [0.1, 0.15) is 0 Å². The summed E-state index contributed by atoms with van der Waals surface area (Å²) in [5.74, 6) is -0.971. The fourth-order valence-electron chi connectivity index (χ4n) is 1.33. The summed E-state index contributed by atoms with van der Waals surface area (Å²) >= 11 is 0. The van der Waals surface area contributed by atoms with Gasteiger partial charge in [0.25, 0.3) is 0 Å². The summed E-state index contributed by atoms with van der Waals surface area (Å²) in [5, 5.41) is 0. The molecule has 0 aromatic rings. The predicted octanol–water partition coefficient (Wildman–Crippen LogP) is 2.53. The molecule has 0 radical (unpaired) electrons. The summed E-state index contributed by atoms with van der Waals surface area (Å²) < 4.78 is 46.4. The molecule has 1 unspecified atom stereocenters. The second-order valence-corrected chi connectivity index (χ2v) is 5.02. The van der Waals surface area contributed by atoms with Crippen molar-refractivity contribution < 1.29 is 27.5 Å². The predicted molar refractivity (Wildman–Crippen MR) is 46.0 cm³/mol. The zero-order valence-corrected chi connectivity index (χ0v) is 8.68. The van der Waals surface area contributed by atoms with Gasteiger partial charge in [-0.05, 0) is 12.3 Å². The van der Waals surface area contributed by atoms with Gasteiger partial charge in [-0.2, -0.15) is 13.2 Å². The first-order chi connectivity index (χ1) is 6.14. The summed E-state index contributed by atoms with van der Waals surface area (Å²) in [7, 11) is -4.34. The fourth-order valence-corrected chi connectivity index (χ4v) is 2.31. The maximum atomic E-state index is 12.0. The lowest BCUT2D eigenvalue weighted by molar-refractivity contribution is -0.143. The van der Waals surface area contributed by atoms with E-state index in [1.807, 2.05) is 0 Å². The van der Waals surface area contributed by atoms with E-state index in [0.29, 0.717) is 6.42 Å². The van der Waals surface area contributed by atoms with Gasteiger partial charge in [0.2, 0.25) is 0 Å². The normalized spacial score (nSPS) is 15.6. The third-order valence-electron chi connectivity index (χ3n) is 1.71. The van der Waals surface area contributed by atoms with Crippen molar-refractivity contribution in [2.75, 3.05) is 6.16 Å². The van der Waals surface area contributed by atoms with Gasteiger partial charge in [-0.3, -0.25) is 4.57 Å². The first-order valence-electron chi connectivity index (χ1n) is 4.25. The molecule has 0 aromatic heterocycles. The highest BCUT2D eigenvalue weighted by molar-refractivity contribution is 7.51. The van der Waals surface area contributed by atoms with Crippen molar-refractivity contribution in [3.05, 3.63) is 0 Å². The monoisotopic (exact) mass is 234 g/mol. The van der Waals surface area contributed by atoms with Crippen LogP contribution in [0.5, 0.6) is 0 Å². The first kappa shape index (κ1) is 13.9. The maximum absolute atomic E-state index is 12.0. The van der Waals surface area contributed by atoms with E-state index in [-0.39, 0.29) is 6.42 Å². The van der Waals surface area contributed by atoms with Gasteiger partial charge >= 0.3 is 13.8 Å². The first-order valence-corrected chi connectivity index (χ1v) is 6.05. The van der Waals surface area contributed by atoms with Crippen LogP contribution in [-0.2, 0) is 4.57 Å². The molecule has 7 heteroatoms. The Morgan fingerprint density at radius 1 is 1.36 bits per heavy atom. The summed E-state index contributed by atoms with van der Waals surface area (Å²) in [4.78, 5) is 17.1. The Labute approximate surface area is 80.5 Å². The molecule has 1 atom stereocenters. The van der Waals surface area contributed by atoms with Crippen LogP contribution in [-0.4, -0.2) is 22.1 Å². The third-order valence-corrected chi connectivity index (χ3v) is 2.71. The van der Waals surface area contributed by atoms with Crippen LogP contribution in [0.1, 0.15) is 26.2 Å². The van der Waals surface area contributed by atoms with Crippen LogP contribution in [0.25, 0.3) is 0 Å². The Hall–Kier alpha value is -0.0600. The van der Waals surface area contributed by atoms with E-state index in [9.17, 15) is 17.7 Å². The zero-order valence-electron chi connectivity index (χ0n) is 7.79. The van der Waals surface area contributed by atoms with Crippen molar-refractivity contribution >= 4 is 7.60 Å². The SMILES string of the molecule is CCCC(CC(F)(F)F)CP(=O)(O)O. The third kappa shape index (κ3) is 8.53. The van der Waals surface area contributed by atoms with Gasteiger partial charge in [-0.1, -0.05) is 13.3 Å². The maximum Gasteiger partial charge on any atom is 0.389 e. The van der Waals surface area contributed by atoms with Crippen molar-refractivity contribution in [1.29, 1.82) is 0 Å². The molecule has 0 rings (SSSR count). The number of hydrogen-bond acceptors (Lipinski definition) is 1. The summed E-state index contributed by atoms with van der Waals surface area (Å²) in [5.41, 5.74) is 0. The van der Waals surface area contributed by atoms with Gasteiger partial charge in [0, 0.05) is 6.42 Å². The van der Waals surface area contributed by atoms with E-state index in [1.165, 1.54) is 0 Å². The topological polar surface area (TPSA) is 57.5 Å². The molecule has 0 aromatic carbocycles. The smallest absolute Gasteiger partial charge is 0.324 e. The van der Waals surface area contributed by atoms with Gasteiger partial charge in [-0.25, -0.2) is 0 Å². The molecule has 0 heterocycles. The molecular weight excluding hydrogens is 220 g/mol. The van der Waals surface area contributed by atoms with Crippen LogP contribution in [0.4, 0.5) is 13.2 Å². The Morgan fingerprint density at radius 2 is 1.86 bits per heavy atom. The van der Waals surface area contributed by atoms with Crippen molar-refractivity contribution in [1.82, 2.24) is 0 Å². The molecule has 0 bridgehead atoms. The Balaban J connectivity index is 4.23. The Bertz CT molecular complexity index is 211. The largest absolute Gasteiger partial charge is 0.389 e. The molecule has 0 aliphatic rings.